The topological polar surface area (TPSA) is 38.9 Å². The van der Waals surface area contributed by atoms with Gasteiger partial charge in [-0.2, -0.15) is 0 Å². The molecule has 3 heteroatoms. The summed E-state index contributed by atoms with van der Waals surface area (Å²) < 4.78 is 6.51. The number of hydrogen-bond acceptors (Lipinski definition) is 3. The van der Waals surface area contributed by atoms with E-state index in [0.29, 0.717) is 0 Å². The number of benzene rings is 8. The van der Waals surface area contributed by atoms with E-state index in [1.165, 1.54) is 26.9 Å². The molecule has 0 saturated carbocycles. The van der Waals surface area contributed by atoms with Gasteiger partial charge in [0.25, 0.3) is 0 Å². The van der Waals surface area contributed by atoms with Crippen molar-refractivity contribution in [1.29, 1.82) is 0 Å². The Balaban J connectivity index is 1.10. The maximum Gasteiger partial charge on any atom is 0.143 e. The lowest BCUT2D eigenvalue weighted by molar-refractivity contribution is 0.670. The van der Waals surface area contributed by atoms with Gasteiger partial charge in [-0.3, -0.25) is 4.98 Å². The number of hydrogen-bond donors (Lipinski definition) is 0. The standard InChI is InChI=1S/C42H24N2O/c1-2-9-26-23-39-37(22-25(26)8-1)36-15-7-14-31(42(36)45-39)29-18-16-28-21-30(19-17-27(28)20-29)38-24-43-40-34-12-5-3-10-32(34)33-11-4-6-13-35(33)41(40)44-38/h1-24H. The van der Waals surface area contributed by atoms with Crippen LogP contribution < -0.4 is 0 Å². The molecule has 0 N–H and O–H groups in total. The molecule has 2 aromatic heterocycles. The summed E-state index contributed by atoms with van der Waals surface area (Å²) in [6.45, 7) is 0. The Morgan fingerprint density at radius 3 is 1.80 bits per heavy atom. The Kier molecular flexibility index (Phi) is 5.00. The molecule has 10 aromatic rings. The third-order valence-electron chi connectivity index (χ3n) is 9.24. The normalized spacial score (nSPS) is 12.0. The van der Waals surface area contributed by atoms with E-state index in [9.17, 15) is 0 Å². The Labute approximate surface area is 258 Å². The summed E-state index contributed by atoms with van der Waals surface area (Å²) in [5, 5.41) is 11.7. The van der Waals surface area contributed by atoms with E-state index in [4.69, 9.17) is 14.4 Å². The summed E-state index contributed by atoms with van der Waals surface area (Å²) in [6, 6.07) is 49.4. The predicted octanol–water partition coefficient (Wildman–Crippen LogP) is 11.5. The van der Waals surface area contributed by atoms with E-state index in [2.05, 4.69) is 140 Å². The van der Waals surface area contributed by atoms with E-state index < -0.39 is 0 Å². The SMILES string of the molecule is c1ccc2cc3c(cc2c1)oc1c(-c2ccc4cc(-c5cnc6c7ccccc7c7ccccc7c6n5)ccc4c2)cccc13. The van der Waals surface area contributed by atoms with Crippen molar-refractivity contribution < 1.29 is 4.42 Å². The summed E-state index contributed by atoms with van der Waals surface area (Å²) in [6.07, 6.45) is 1.91. The van der Waals surface area contributed by atoms with Gasteiger partial charge in [-0.25, -0.2) is 4.98 Å². The molecule has 0 fully saturated rings. The number of fused-ring (bicyclic) bond motifs is 11. The zero-order valence-electron chi connectivity index (χ0n) is 24.2. The number of aromatic nitrogens is 2. The minimum Gasteiger partial charge on any atom is -0.455 e. The van der Waals surface area contributed by atoms with E-state index in [0.717, 1.165) is 71.5 Å². The second kappa shape index (κ2) is 9.22. The van der Waals surface area contributed by atoms with E-state index in [1.807, 2.05) is 6.20 Å². The molecule has 0 aliphatic carbocycles. The van der Waals surface area contributed by atoms with Crippen molar-refractivity contribution in [3.63, 3.8) is 0 Å². The minimum absolute atomic E-state index is 0.869. The largest absolute Gasteiger partial charge is 0.455 e. The van der Waals surface area contributed by atoms with Crippen LogP contribution in [0.4, 0.5) is 0 Å². The van der Waals surface area contributed by atoms with Crippen LogP contribution in [0.2, 0.25) is 0 Å². The average Bonchev–Trinajstić information content (AvgIpc) is 3.47. The van der Waals surface area contributed by atoms with Crippen molar-refractivity contribution in [2.75, 3.05) is 0 Å². The van der Waals surface area contributed by atoms with Crippen molar-refractivity contribution in [3.8, 4) is 22.4 Å². The molecular weight excluding hydrogens is 548 g/mol. The van der Waals surface area contributed by atoms with Crippen LogP contribution in [0.3, 0.4) is 0 Å². The molecule has 10 rings (SSSR count). The number of nitrogens with zero attached hydrogens (tertiary/aromatic N) is 2. The van der Waals surface area contributed by atoms with Gasteiger partial charge in [0, 0.05) is 32.7 Å². The zero-order valence-corrected chi connectivity index (χ0v) is 24.2. The van der Waals surface area contributed by atoms with Crippen LogP contribution in [0.5, 0.6) is 0 Å². The highest BCUT2D eigenvalue weighted by atomic mass is 16.3. The van der Waals surface area contributed by atoms with E-state index >= 15 is 0 Å². The quantitative estimate of drug-likeness (QED) is 0.193. The lowest BCUT2D eigenvalue weighted by atomic mass is 9.97. The highest BCUT2D eigenvalue weighted by Gasteiger charge is 2.15. The molecule has 0 saturated heterocycles. The maximum absolute atomic E-state index is 6.51. The van der Waals surface area contributed by atoms with E-state index in [-0.39, 0.29) is 0 Å². The maximum atomic E-state index is 6.51. The molecule has 0 spiro atoms. The van der Waals surface area contributed by atoms with Crippen LogP contribution >= 0.6 is 0 Å². The van der Waals surface area contributed by atoms with Crippen LogP contribution in [0.1, 0.15) is 0 Å². The highest BCUT2D eigenvalue weighted by molar-refractivity contribution is 6.23. The molecule has 0 amide bonds. The van der Waals surface area contributed by atoms with E-state index in [1.54, 1.807) is 0 Å². The molecule has 0 radical (unpaired) electrons. The van der Waals surface area contributed by atoms with Crippen LogP contribution in [-0.2, 0) is 0 Å². The third kappa shape index (κ3) is 3.65. The molecule has 0 atom stereocenters. The van der Waals surface area contributed by atoms with Gasteiger partial charge in [-0.15, -0.1) is 0 Å². The zero-order chi connectivity index (χ0) is 29.5. The monoisotopic (exact) mass is 572 g/mol. The first kappa shape index (κ1) is 24.4. The van der Waals surface area contributed by atoms with Gasteiger partial charge in [0.1, 0.15) is 11.2 Å². The summed E-state index contributed by atoms with van der Waals surface area (Å²) >= 11 is 0. The molecule has 2 heterocycles. The summed E-state index contributed by atoms with van der Waals surface area (Å²) in [5.41, 5.74) is 7.85. The first-order valence-electron chi connectivity index (χ1n) is 15.2. The Morgan fingerprint density at radius 1 is 0.422 bits per heavy atom. The van der Waals surface area contributed by atoms with Gasteiger partial charge >= 0.3 is 0 Å². The van der Waals surface area contributed by atoms with Gasteiger partial charge < -0.3 is 4.42 Å². The van der Waals surface area contributed by atoms with Gasteiger partial charge in [-0.05, 0) is 62.1 Å². The average molecular weight is 573 g/mol. The molecule has 0 bridgehead atoms. The number of furan rings is 1. The lowest BCUT2D eigenvalue weighted by Crippen LogP contribution is -1.92. The Bertz CT molecular complexity index is 2790. The highest BCUT2D eigenvalue weighted by Crippen LogP contribution is 2.39. The van der Waals surface area contributed by atoms with Gasteiger partial charge in [0.2, 0.25) is 0 Å². The first-order chi connectivity index (χ1) is 22.3. The number of rotatable bonds is 2. The number of para-hydroxylation sites is 1. The van der Waals surface area contributed by atoms with Crippen molar-refractivity contribution in [1.82, 2.24) is 9.97 Å². The third-order valence-corrected chi connectivity index (χ3v) is 9.24. The van der Waals surface area contributed by atoms with Gasteiger partial charge in [0.05, 0.1) is 22.9 Å². The minimum atomic E-state index is 0.869. The van der Waals surface area contributed by atoms with Crippen LogP contribution in [0, 0.1) is 0 Å². The first-order valence-corrected chi connectivity index (χ1v) is 15.2. The lowest BCUT2D eigenvalue weighted by Gasteiger charge is -2.11. The van der Waals surface area contributed by atoms with Crippen LogP contribution in [0.25, 0.3) is 98.4 Å². The Morgan fingerprint density at radius 2 is 1.02 bits per heavy atom. The second-order valence-corrected chi connectivity index (χ2v) is 11.8. The molecular formula is C42H24N2O. The fourth-order valence-electron chi connectivity index (χ4n) is 7.05. The fraction of sp³-hybridized carbons (Fsp3) is 0. The van der Waals surface area contributed by atoms with Gasteiger partial charge in [0.15, 0.2) is 0 Å². The molecule has 0 aliphatic heterocycles. The molecule has 3 nitrogen and oxygen atoms in total. The molecule has 208 valence electrons. The summed E-state index contributed by atoms with van der Waals surface area (Å²) in [7, 11) is 0. The molecule has 0 aliphatic rings. The van der Waals surface area contributed by atoms with Crippen molar-refractivity contribution >= 4 is 76.1 Å². The second-order valence-electron chi connectivity index (χ2n) is 11.8. The Hall–Kier alpha value is -6.06. The van der Waals surface area contributed by atoms with Crippen LogP contribution in [0.15, 0.2) is 150 Å². The summed E-state index contributed by atoms with van der Waals surface area (Å²) in [4.78, 5) is 10.2. The molecule has 45 heavy (non-hydrogen) atoms. The van der Waals surface area contributed by atoms with Gasteiger partial charge in [-0.1, -0.05) is 115 Å². The summed E-state index contributed by atoms with van der Waals surface area (Å²) in [5.74, 6) is 0. The molecule has 8 aromatic carbocycles. The molecule has 0 unspecified atom stereocenters. The fourth-order valence-corrected chi connectivity index (χ4v) is 7.05. The smallest absolute Gasteiger partial charge is 0.143 e. The van der Waals surface area contributed by atoms with Crippen molar-refractivity contribution in [3.05, 3.63) is 146 Å². The van der Waals surface area contributed by atoms with Crippen molar-refractivity contribution in [2.45, 2.75) is 0 Å². The predicted molar refractivity (Wildman–Crippen MR) is 188 cm³/mol. The van der Waals surface area contributed by atoms with Crippen LogP contribution in [-0.4, -0.2) is 9.97 Å². The van der Waals surface area contributed by atoms with Crippen molar-refractivity contribution in [2.24, 2.45) is 0 Å².